The molecule has 2 rings (SSSR count). The number of carbonyl (C=O) groups excluding carboxylic acids is 2. The van der Waals surface area contributed by atoms with Crippen molar-refractivity contribution in [1.82, 2.24) is 15.4 Å². The fraction of sp³-hybridized carbons (Fsp3) is 0.294. The summed E-state index contributed by atoms with van der Waals surface area (Å²) in [5.41, 5.74) is 0.805. The number of hydrogen-bond donors (Lipinski definition) is 3. The summed E-state index contributed by atoms with van der Waals surface area (Å²) in [5.74, 6) is -0.251. The Morgan fingerprint density at radius 2 is 1.81 bits per heavy atom. The molecular weight excluding hydrogens is 374 g/mol. The van der Waals surface area contributed by atoms with Crippen molar-refractivity contribution in [3.63, 3.8) is 0 Å². The van der Waals surface area contributed by atoms with Gasteiger partial charge in [-0.15, -0.1) is 11.3 Å². The smallest absolute Gasteiger partial charge is 0.261 e. The van der Waals surface area contributed by atoms with Crippen molar-refractivity contribution in [1.29, 1.82) is 0 Å². The third-order valence-corrected chi connectivity index (χ3v) is 5.90. The summed E-state index contributed by atoms with van der Waals surface area (Å²) in [5, 5.41) is 7.38. The molecule has 0 fully saturated rings. The maximum absolute atomic E-state index is 11.8. The van der Waals surface area contributed by atoms with Gasteiger partial charge in [0.25, 0.3) is 5.91 Å². The minimum atomic E-state index is -3.46. The predicted molar refractivity (Wildman–Crippen MR) is 100 cm³/mol. The minimum Gasteiger partial charge on any atom is -0.352 e. The van der Waals surface area contributed by atoms with Gasteiger partial charge in [-0.25, -0.2) is 13.1 Å². The van der Waals surface area contributed by atoms with E-state index in [1.165, 1.54) is 30.5 Å². The summed E-state index contributed by atoms with van der Waals surface area (Å²) in [7, 11) is -2.10. The zero-order valence-corrected chi connectivity index (χ0v) is 16.0. The van der Waals surface area contributed by atoms with Gasteiger partial charge >= 0.3 is 0 Å². The van der Waals surface area contributed by atoms with Crippen LogP contribution in [0.1, 0.15) is 28.1 Å². The first-order valence-electron chi connectivity index (χ1n) is 8.03. The Kier molecular flexibility index (Phi) is 7.31. The fourth-order valence-corrected chi connectivity index (χ4v) is 3.51. The molecule has 0 radical (unpaired) electrons. The van der Waals surface area contributed by atoms with Gasteiger partial charge in [-0.1, -0.05) is 18.2 Å². The number of thiophene rings is 1. The van der Waals surface area contributed by atoms with E-state index in [1.807, 2.05) is 11.4 Å². The van der Waals surface area contributed by atoms with Crippen LogP contribution in [0.25, 0.3) is 0 Å². The van der Waals surface area contributed by atoms with Crippen LogP contribution in [0.5, 0.6) is 0 Å². The molecule has 0 spiro atoms. The number of sulfonamides is 1. The molecule has 0 aliphatic carbocycles. The summed E-state index contributed by atoms with van der Waals surface area (Å²) in [4.78, 5) is 24.4. The zero-order valence-electron chi connectivity index (χ0n) is 14.3. The van der Waals surface area contributed by atoms with E-state index in [2.05, 4.69) is 15.4 Å². The van der Waals surface area contributed by atoms with Crippen LogP contribution >= 0.6 is 11.3 Å². The molecule has 0 bridgehead atoms. The lowest BCUT2D eigenvalue weighted by molar-refractivity contribution is -0.121. The summed E-state index contributed by atoms with van der Waals surface area (Å²) in [6.45, 7) is 0.751. The number of amides is 2. The van der Waals surface area contributed by atoms with E-state index >= 15 is 0 Å². The first kappa shape index (κ1) is 20.1. The van der Waals surface area contributed by atoms with Gasteiger partial charge in [-0.3, -0.25) is 9.59 Å². The lowest BCUT2D eigenvalue weighted by atomic mass is 10.2. The third-order valence-electron chi connectivity index (χ3n) is 3.60. The molecule has 7 nitrogen and oxygen atoms in total. The van der Waals surface area contributed by atoms with Crippen LogP contribution in [0.4, 0.5) is 0 Å². The molecule has 0 unspecified atom stereocenters. The van der Waals surface area contributed by atoms with Crippen molar-refractivity contribution >= 4 is 33.2 Å². The van der Waals surface area contributed by atoms with Crippen LogP contribution in [0.15, 0.2) is 46.7 Å². The van der Waals surface area contributed by atoms with E-state index in [1.54, 1.807) is 18.2 Å². The van der Waals surface area contributed by atoms with Crippen LogP contribution in [-0.4, -0.2) is 33.8 Å². The average molecular weight is 396 g/mol. The van der Waals surface area contributed by atoms with Crippen LogP contribution in [0.3, 0.4) is 0 Å². The first-order chi connectivity index (χ1) is 12.4. The van der Waals surface area contributed by atoms with Crippen molar-refractivity contribution in [2.75, 3.05) is 13.6 Å². The number of hydrogen-bond acceptors (Lipinski definition) is 5. The van der Waals surface area contributed by atoms with E-state index in [0.717, 1.165) is 5.56 Å². The summed E-state index contributed by atoms with van der Waals surface area (Å²) >= 11 is 1.37. The second kappa shape index (κ2) is 9.46. The Morgan fingerprint density at radius 1 is 1.08 bits per heavy atom. The molecule has 26 heavy (non-hydrogen) atoms. The van der Waals surface area contributed by atoms with Crippen molar-refractivity contribution < 1.29 is 18.0 Å². The van der Waals surface area contributed by atoms with E-state index in [0.29, 0.717) is 30.8 Å². The van der Waals surface area contributed by atoms with Crippen molar-refractivity contribution in [2.24, 2.45) is 0 Å². The normalized spacial score (nSPS) is 11.1. The average Bonchev–Trinajstić information content (AvgIpc) is 3.18. The number of benzene rings is 1. The Balaban J connectivity index is 1.68. The van der Waals surface area contributed by atoms with Gasteiger partial charge in [-0.05, 0) is 42.6 Å². The molecule has 140 valence electrons. The van der Waals surface area contributed by atoms with Crippen LogP contribution in [-0.2, 0) is 21.4 Å². The first-order valence-corrected chi connectivity index (χ1v) is 10.4. The van der Waals surface area contributed by atoms with Crippen molar-refractivity contribution in [2.45, 2.75) is 24.3 Å². The molecule has 2 amide bonds. The van der Waals surface area contributed by atoms with Gasteiger partial charge < -0.3 is 10.6 Å². The monoisotopic (exact) mass is 395 g/mol. The number of carbonyl (C=O) groups is 2. The predicted octanol–water partition coefficient (Wildman–Crippen LogP) is 1.48. The molecule has 3 N–H and O–H groups in total. The second-order valence-electron chi connectivity index (χ2n) is 5.46. The van der Waals surface area contributed by atoms with Crippen molar-refractivity contribution in [3.8, 4) is 0 Å². The van der Waals surface area contributed by atoms with Gasteiger partial charge in [-0.2, -0.15) is 0 Å². The molecule has 2 aromatic rings. The molecule has 1 aromatic heterocycles. The summed E-state index contributed by atoms with van der Waals surface area (Å²) in [6, 6.07) is 9.87. The third kappa shape index (κ3) is 5.94. The highest BCUT2D eigenvalue weighted by atomic mass is 32.2. The topological polar surface area (TPSA) is 104 Å². The highest BCUT2D eigenvalue weighted by Gasteiger charge is 2.10. The van der Waals surface area contributed by atoms with E-state index in [9.17, 15) is 18.0 Å². The Hall–Kier alpha value is -2.23. The van der Waals surface area contributed by atoms with Crippen molar-refractivity contribution in [3.05, 3.63) is 52.2 Å². The van der Waals surface area contributed by atoms with Gasteiger partial charge in [0.15, 0.2) is 0 Å². The Morgan fingerprint density at radius 3 is 2.42 bits per heavy atom. The van der Waals surface area contributed by atoms with Gasteiger partial charge in [0, 0.05) is 19.5 Å². The van der Waals surface area contributed by atoms with Crippen LogP contribution in [0, 0.1) is 0 Å². The molecular formula is C17H21N3O4S2. The molecule has 1 heterocycles. The maximum atomic E-state index is 11.8. The molecule has 0 aliphatic rings. The quantitative estimate of drug-likeness (QED) is 0.560. The molecule has 9 heteroatoms. The SMILES string of the molecule is CNS(=O)(=O)c1ccc(CNC(=O)CCCNC(=O)c2cccs2)cc1. The number of rotatable bonds is 9. The van der Waals surface area contributed by atoms with Gasteiger partial charge in [0.1, 0.15) is 0 Å². The van der Waals surface area contributed by atoms with Gasteiger partial charge in [0.05, 0.1) is 9.77 Å². The van der Waals surface area contributed by atoms with E-state index in [4.69, 9.17) is 0 Å². The lowest BCUT2D eigenvalue weighted by Crippen LogP contribution is -2.27. The van der Waals surface area contributed by atoms with E-state index in [-0.39, 0.29) is 16.7 Å². The summed E-state index contributed by atoms with van der Waals surface area (Å²) < 4.78 is 25.5. The molecule has 1 aromatic carbocycles. The van der Waals surface area contributed by atoms with Crippen LogP contribution < -0.4 is 15.4 Å². The van der Waals surface area contributed by atoms with Crippen LogP contribution in [0.2, 0.25) is 0 Å². The Labute approximate surface area is 156 Å². The largest absolute Gasteiger partial charge is 0.352 e. The standard InChI is InChI=1S/C17H21N3O4S2/c1-18-26(23,24)14-8-6-13(7-9-14)12-20-16(21)5-2-10-19-17(22)15-4-3-11-25-15/h3-4,6-9,11,18H,2,5,10,12H2,1H3,(H,19,22)(H,20,21). The zero-order chi connectivity index (χ0) is 19.0. The minimum absolute atomic E-state index is 0.123. The molecule has 0 atom stereocenters. The lowest BCUT2D eigenvalue weighted by Gasteiger charge is -2.07. The van der Waals surface area contributed by atoms with Gasteiger partial charge in [0.2, 0.25) is 15.9 Å². The highest BCUT2D eigenvalue weighted by Crippen LogP contribution is 2.10. The highest BCUT2D eigenvalue weighted by molar-refractivity contribution is 7.89. The number of nitrogens with one attached hydrogen (secondary N) is 3. The van der Waals surface area contributed by atoms with E-state index < -0.39 is 10.0 Å². The maximum Gasteiger partial charge on any atom is 0.261 e. The fourth-order valence-electron chi connectivity index (χ4n) is 2.14. The summed E-state index contributed by atoms with van der Waals surface area (Å²) in [6.07, 6.45) is 0.846. The molecule has 0 saturated heterocycles. The molecule has 0 saturated carbocycles. The second-order valence-corrected chi connectivity index (χ2v) is 8.30. The Bertz CT molecular complexity index is 831. The molecule has 0 aliphatic heterocycles.